The fourth-order valence-corrected chi connectivity index (χ4v) is 5.14. The zero-order chi connectivity index (χ0) is 29.4. The molecule has 3 aromatic carbocycles. The van der Waals surface area contributed by atoms with Crippen molar-refractivity contribution in [3.8, 4) is 17.2 Å². The SMILES string of the molecule is CC(=O)Nc1ccccc1-c1ccc(C(CN2CCOCC2)N(C)C(=O)CN(CC#N)c2ccc(Cl)c(Cl)c2)cc1. The van der Waals surface area contributed by atoms with E-state index in [2.05, 4.69) is 16.3 Å². The Morgan fingerprint density at radius 1 is 1.05 bits per heavy atom. The minimum Gasteiger partial charge on any atom is -0.379 e. The Balaban J connectivity index is 1.59. The average molecular weight is 595 g/mol. The van der Waals surface area contributed by atoms with Crippen LogP contribution in [0.2, 0.25) is 10.0 Å². The number of amides is 2. The third-order valence-corrected chi connectivity index (χ3v) is 7.84. The lowest BCUT2D eigenvalue weighted by Crippen LogP contribution is -2.46. The van der Waals surface area contributed by atoms with Gasteiger partial charge in [0, 0.05) is 50.5 Å². The van der Waals surface area contributed by atoms with E-state index in [9.17, 15) is 14.9 Å². The molecular weight excluding hydrogens is 561 g/mol. The number of halogens is 2. The molecule has 1 atom stereocenters. The maximum atomic E-state index is 13.7. The second-order valence-electron chi connectivity index (χ2n) is 9.89. The highest BCUT2D eigenvalue weighted by Crippen LogP contribution is 2.31. The molecule has 1 aliphatic heterocycles. The van der Waals surface area contributed by atoms with Crippen LogP contribution in [0.3, 0.4) is 0 Å². The minimum atomic E-state index is -0.238. The number of rotatable bonds is 10. The molecule has 3 aromatic rings. The predicted octanol–water partition coefficient (Wildman–Crippen LogP) is 5.48. The van der Waals surface area contributed by atoms with Gasteiger partial charge in [0.25, 0.3) is 0 Å². The molecule has 214 valence electrons. The van der Waals surface area contributed by atoms with Gasteiger partial charge in [-0.25, -0.2) is 0 Å². The summed E-state index contributed by atoms with van der Waals surface area (Å²) in [4.78, 5) is 31.1. The summed E-state index contributed by atoms with van der Waals surface area (Å²) in [5.74, 6) is -0.268. The van der Waals surface area contributed by atoms with Crippen LogP contribution in [0.15, 0.2) is 66.7 Å². The molecule has 8 nitrogen and oxygen atoms in total. The van der Waals surface area contributed by atoms with Gasteiger partial charge in [-0.05, 0) is 35.4 Å². The quantitative estimate of drug-likeness (QED) is 0.313. The zero-order valence-corrected chi connectivity index (χ0v) is 24.7. The zero-order valence-electron chi connectivity index (χ0n) is 23.1. The molecule has 1 aliphatic rings. The Labute approximate surface area is 251 Å². The van der Waals surface area contributed by atoms with Gasteiger partial charge in [0.1, 0.15) is 6.54 Å². The molecule has 0 saturated carbocycles. The van der Waals surface area contributed by atoms with E-state index in [0.29, 0.717) is 35.5 Å². The molecule has 1 saturated heterocycles. The highest BCUT2D eigenvalue weighted by atomic mass is 35.5. The van der Waals surface area contributed by atoms with Gasteiger partial charge in [-0.2, -0.15) is 5.26 Å². The lowest BCUT2D eigenvalue weighted by molar-refractivity contribution is -0.131. The summed E-state index contributed by atoms with van der Waals surface area (Å²) < 4.78 is 5.54. The molecule has 0 radical (unpaired) electrons. The molecular formula is C31H33Cl2N5O3. The summed E-state index contributed by atoms with van der Waals surface area (Å²) in [5, 5.41) is 13.1. The fraction of sp³-hybridized carbons (Fsp3) is 0.323. The molecule has 0 aromatic heterocycles. The minimum absolute atomic E-state index is 0.00378. The van der Waals surface area contributed by atoms with E-state index < -0.39 is 0 Å². The summed E-state index contributed by atoms with van der Waals surface area (Å²) in [5.41, 5.74) is 4.24. The van der Waals surface area contributed by atoms with Crippen LogP contribution in [0.5, 0.6) is 0 Å². The monoisotopic (exact) mass is 593 g/mol. The summed E-state index contributed by atoms with van der Waals surface area (Å²) >= 11 is 12.3. The summed E-state index contributed by atoms with van der Waals surface area (Å²) in [6, 6.07) is 22.7. The molecule has 4 rings (SSSR count). The number of anilines is 2. The molecule has 10 heteroatoms. The van der Waals surface area contributed by atoms with E-state index in [1.165, 1.54) is 6.92 Å². The number of para-hydroxylation sites is 1. The van der Waals surface area contributed by atoms with Crippen LogP contribution in [-0.4, -0.2) is 74.6 Å². The molecule has 0 spiro atoms. The normalized spacial score (nSPS) is 14.1. The average Bonchev–Trinajstić information content (AvgIpc) is 2.97. The maximum absolute atomic E-state index is 13.7. The molecule has 1 fully saturated rings. The number of hydrogen-bond acceptors (Lipinski definition) is 6. The number of carbonyl (C=O) groups excluding carboxylic acids is 2. The summed E-state index contributed by atoms with van der Waals surface area (Å²) in [7, 11) is 1.80. The molecule has 2 amide bonds. The van der Waals surface area contributed by atoms with E-state index in [0.717, 1.165) is 35.5 Å². The van der Waals surface area contributed by atoms with Gasteiger partial charge >= 0.3 is 0 Å². The molecule has 1 N–H and O–H groups in total. The lowest BCUT2D eigenvalue weighted by Gasteiger charge is -2.36. The van der Waals surface area contributed by atoms with Crippen molar-refractivity contribution in [1.82, 2.24) is 9.80 Å². The molecule has 1 unspecified atom stereocenters. The third-order valence-electron chi connectivity index (χ3n) is 7.10. The van der Waals surface area contributed by atoms with E-state index in [1.54, 1.807) is 35.0 Å². The van der Waals surface area contributed by atoms with Gasteiger partial charge in [-0.15, -0.1) is 0 Å². The topological polar surface area (TPSA) is 88.9 Å². The van der Waals surface area contributed by atoms with Gasteiger partial charge in [-0.3, -0.25) is 14.5 Å². The third kappa shape index (κ3) is 7.99. The van der Waals surface area contributed by atoms with Crippen LogP contribution in [-0.2, 0) is 14.3 Å². The van der Waals surface area contributed by atoms with E-state index >= 15 is 0 Å². The van der Waals surface area contributed by atoms with Gasteiger partial charge in [0.15, 0.2) is 0 Å². The number of nitriles is 1. The number of morpholine rings is 1. The fourth-order valence-electron chi connectivity index (χ4n) is 4.85. The standard InChI is InChI=1S/C31H33Cl2N5O3/c1-22(39)35-29-6-4-3-5-26(29)23-7-9-24(10-8-23)30(20-37-15-17-41-18-16-37)36(2)31(40)21-38(14-13-34)25-11-12-27(32)28(33)19-25/h3-12,19,30H,14-18,20-21H2,1-2H3,(H,35,39). The molecule has 1 heterocycles. The lowest BCUT2D eigenvalue weighted by atomic mass is 9.98. The first-order valence-electron chi connectivity index (χ1n) is 13.4. The number of likely N-dealkylation sites (N-methyl/N-ethyl adjacent to an activating group) is 1. The molecule has 41 heavy (non-hydrogen) atoms. The second-order valence-corrected chi connectivity index (χ2v) is 10.7. The Morgan fingerprint density at radius 3 is 2.41 bits per heavy atom. The van der Waals surface area contributed by atoms with Crippen molar-refractivity contribution in [3.63, 3.8) is 0 Å². The highest BCUT2D eigenvalue weighted by Gasteiger charge is 2.27. The first-order chi connectivity index (χ1) is 19.8. The number of hydrogen-bond donors (Lipinski definition) is 1. The van der Waals surface area contributed by atoms with Gasteiger partial charge < -0.3 is 19.9 Å². The van der Waals surface area contributed by atoms with Crippen molar-refractivity contribution in [2.45, 2.75) is 13.0 Å². The van der Waals surface area contributed by atoms with Gasteiger partial charge in [0.2, 0.25) is 11.8 Å². The molecule has 0 aliphatic carbocycles. The predicted molar refractivity (Wildman–Crippen MR) is 163 cm³/mol. The Morgan fingerprint density at radius 2 is 1.76 bits per heavy atom. The second kappa shape index (κ2) is 14.3. The highest BCUT2D eigenvalue weighted by molar-refractivity contribution is 6.42. The number of ether oxygens (including phenoxy) is 1. The number of carbonyl (C=O) groups is 2. The first-order valence-corrected chi connectivity index (χ1v) is 14.1. The Bertz CT molecular complexity index is 1400. The van der Waals surface area contributed by atoms with Crippen LogP contribution in [0.25, 0.3) is 11.1 Å². The van der Waals surface area contributed by atoms with Crippen LogP contribution < -0.4 is 10.2 Å². The van der Waals surface area contributed by atoms with Crippen molar-refractivity contribution < 1.29 is 14.3 Å². The van der Waals surface area contributed by atoms with Crippen molar-refractivity contribution in [2.24, 2.45) is 0 Å². The summed E-state index contributed by atoms with van der Waals surface area (Å²) in [6.07, 6.45) is 0. The van der Waals surface area contributed by atoms with Crippen LogP contribution in [0, 0.1) is 11.3 Å². The van der Waals surface area contributed by atoms with Gasteiger partial charge in [-0.1, -0.05) is 65.7 Å². The van der Waals surface area contributed by atoms with Crippen molar-refractivity contribution in [1.29, 1.82) is 5.26 Å². The van der Waals surface area contributed by atoms with E-state index in [1.807, 2.05) is 48.5 Å². The largest absolute Gasteiger partial charge is 0.379 e. The van der Waals surface area contributed by atoms with Crippen LogP contribution >= 0.6 is 23.2 Å². The van der Waals surface area contributed by atoms with Crippen molar-refractivity contribution in [3.05, 3.63) is 82.3 Å². The Hall–Kier alpha value is -3.61. The number of nitrogens with zero attached hydrogens (tertiary/aromatic N) is 4. The molecule has 0 bridgehead atoms. The first kappa shape index (κ1) is 30.4. The smallest absolute Gasteiger partial charge is 0.242 e. The van der Waals surface area contributed by atoms with Crippen molar-refractivity contribution >= 4 is 46.4 Å². The van der Waals surface area contributed by atoms with Crippen molar-refractivity contribution in [2.75, 3.05) is 63.2 Å². The van der Waals surface area contributed by atoms with E-state index in [-0.39, 0.29) is 30.9 Å². The number of nitrogens with one attached hydrogen (secondary N) is 1. The van der Waals surface area contributed by atoms with Crippen LogP contribution in [0.1, 0.15) is 18.5 Å². The number of benzene rings is 3. The van der Waals surface area contributed by atoms with Crippen LogP contribution in [0.4, 0.5) is 11.4 Å². The van der Waals surface area contributed by atoms with Gasteiger partial charge in [0.05, 0.1) is 41.9 Å². The Kier molecular flexibility index (Phi) is 10.6. The maximum Gasteiger partial charge on any atom is 0.242 e. The van der Waals surface area contributed by atoms with E-state index in [4.69, 9.17) is 27.9 Å². The summed E-state index contributed by atoms with van der Waals surface area (Å²) in [6.45, 7) is 5.01.